The van der Waals surface area contributed by atoms with Gasteiger partial charge in [0.15, 0.2) is 5.82 Å². The lowest BCUT2D eigenvalue weighted by Gasteiger charge is -2.26. The van der Waals surface area contributed by atoms with E-state index in [2.05, 4.69) is 20.4 Å². The Balaban J connectivity index is 1.61. The summed E-state index contributed by atoms with van der Waals surface area (Å²) in [5.41, 5.74) is 0.964. The Bertz CT molecular complexity index is 671. The Hall–Kier alpha value is -1.67. The number of piperidine rings is 1. The van der Waals surface area contributed by atoms with E-state index in [1.54, 1.807) is 0 Å². The summed E-state index contributed by atoms with van der Waals surface area (Å²) in [6, 6.07) is 8.27. The molecule has 0 radical (unpaired) electrons. The van der Waals surface area contributed by atoms with Gasteiger partial charge in [-0.3, -0.25) is 4.90 Å². The maximum absolute atomic E-state index is 6.21. The zero-order chi connectivity index (χ0) is 17.8. The standard InChI is InChI=1S/C18H24ClN5O2/c19-14-1-3-15(4-2-14)24-17(13-23-9-11-25-12-10-23)21-22-18(24)26-16-5-7-20-8-6-16/h1-4,16,20H,5-13H2. The van der Waals surface area contributed by atoms with Crippen LogP contribution in [0.2, 0.25) is 5.02 Å². The molecule has 2 saturated heterocycles. The highest BCUT2D eigenvalue weighted by molar-refractivity contribution is 6.30. The molecule has 140 valence electrons. The number of aromatic nitrogens is 3. The Morgan fingerprint density at radius 2 is 1.85 bits per heavy atom. The normalized spacial score (nSPS) is 19.6. The minimum atomic E-state index is 0.169. The van der Waals surface area contributed by atoms with Gasteiger partial charge in [-0.2, -0.15) is 0 Å². The number of hydrogen-bond acceptors (Lipinski definition) is 6. The topological polar surface area (TPSA) is 64.4 Å². The zero-order valence-corrected chi connectivity index (χ0v) is 15.5. The van der Waals surface area contributed by atoms with E-state index < -0.39 is 0 Å². The molecule has 26 heavy (non-hydrogen) atoms. The highest BCUT2D eigenvalue weighted by atomic mass is 35.5. The molecule has 7 nitrogen and oxygen atoms in total. The average Bonchev–Trinajstić information content (AvgIpc) is 3.06. The van der Waals surface area contributed by atoms with E-state index in [0.717, 1.165) is 63.7 Å². The number of ether oxygens (including phenoxy) is 2. The van der Waals surface area contributed by atoms with Crippen LogP contribution in [0.1, 0.15) is 18.7 Å². The summed E-state index contributed by atoms with van der Waals surface area (Å²) in [4.78, 5) is 2.33. The Labute approximate surface area is 158 Å². The summed E-state index contributed by atoms with van der Waals surface area (Å²) in [7, 11) is 0. The molecule has 3 heterocycles. The lowest BCUT2D eigenvalue weighted by atomic mass is 10.1. The first-order chi connectivity index (χ1) is 12.8. The van der Waals surface area contributed by atoms with Crippen LogP contribution in [0, 0.1) is 0 Å². The van der Waals surface area contributed by atoms with Crippen molar-refractivity contribution in [3.63, 3.8) is 0 Å². The predicted molar refractivity (Wildman–Crippen MR) is 99.0 cm³/mol. The molecule has 2 fully saturated rings. The molecule has 0 saturated carbocycles. The van der Waals surface area contributed by atoms with Crippen LogP contribution in [-0.2, 0) is 11.3 Å². The number of morpholine rings is 1. The molecule has 0 spiro atoms. The molecule has 0 unspecified atom stereocenters. The summed E-state index contributed by atoms with van der Waals surface area (Å²) in [5.74, 6) is 0.873. The maximum atomic E-state index is 6.21. The summed E-state index contributed by atoms with van der Waals surface area (Å²) >= 11 is 6.06. The van der Waals surface area contributed by atoms with Crippen molar-refractivity contribution in [2.24, 2.45) is 0 Å². The van der Waals surface area contributed by atoms with Crippen molar-refractivity contribution in [2.75, 3.05) is 39.4 Å². The lowest BCUT2D eigenvalue weighted by molar-refractivity contribution is 0.0327. The Morgan fingerprint density at radius 3 is 2.58 bits per heavy atom. The second kappa shape index (κ2) is 8.35. The first-order valence-electron chi connectivity index (χ1n) is 9.17. The van der Waals surface area contributed by atoms with Gasteiger partial charge in [-0.25, -0.2) is 4.57 Å². The van der Waals surface area contributed by atoms with Gasteiger partial charge in [0.25, 0.3) is 0 Å². The molecule has 4 rings (SSSR count). The second-order valence-corrected chi connectivity index (χ2v) is 7.10. The van der Waals surface area contributed by atoms with Gasteiger partial charge in [-0.15, -0.1) is 5.10 Å². The molecule has 2 aromatic rings. The van der Waals surface area contributed by atoms with Crippen molar-refractivity contribution < 1.29 is 9.47 Å². The van der Waals surface area contributed by atoms with Crippen molar-refractivity contribution in [3.05, 3.63) is 35.1 Å². The van der Waals surface area contributed by atoms with E-state index in [0.29, 0.717) is 17.6 Å². The van der Waals surface area contributed by atoms with Crippen LogP contribution in [0.5, 0.6) is 6.01 Å². The Kier molecular flexibility index (Phi) is 5.69. The van der Waals surface area contributed by atoms with E-state index in [4.69, 9.17) is 21.1 Å². The van der Waals surface area contributed by atoms with E-state index in [9.17, 15) is 0 Å². The second-order valence-electron chi connectivity index (χ2n) is 6.67. The van der Waals surface area contributed by atoms with Gasteiger partial charge in [-0.1, -0.05) is 16.7 Å². The van der Waals surface area contributed by atoms with Gasteiger partial charge in [-0.05, 0) is 50.2 Å². The van der Waals surface area contributed by atoms with Crippen LogP contribution in [0.25, 0.3) is 5.69 Å². The third kappa shape index (κ3) is 4.17. The summed E-state index contributed by atoms with van der Waals surface area (Å²) in [6.45, 7) is 5.98. The number of hydrogen-bond donors (Lipinski definition) is 1. The predicted octanol–water partition coefficient (Wildman–Crippen LogP) is 1.88. The quantitative estimate of drug-likeness (QED) is 0.858. The minimum absolute atomic E-state index is 0.169. The van der Waals surface area contributed by atoms with Crippen LogP contribution in [-0.4, -0.2) is 65.2 Å². The molecule has 0 aliphatic carbocycles. The van der Waals surface area contributed by atoms with Crippen molar-refractivity contribution >= 4 is 11.6 Å². The van der Waals surface area contributed by atoms with Crippen LogP contribution in [0.15, 0.2) is 24.3 Å². The summed E-state index contributed by atoms with van der Waals surface area (Å²) in [6.07, 6.45) is 2.13. The zero-order valence-electron chi connectivity index (χ0n) is 14.7. The van der Waals surface area contributed by atoms with Crippen molar-refractivity contribution in [1.29, 1.82) is 0 Å². The van der Waals surface area contributed by atoms with Gasteiger partial charge in [0.2, 0.25) is 0 Å². The number of benzene rings is 1. The van der Waals surface area contributed by atoms with Crippen LogP contribution < -0.4 is 10.1 Å². The number of nitrogens with zero attached hydrogens (tertiary/aromatic N) is 4. The fourth-order valence-corrected chi connectivity index (χ4v) is 3.48. The third-order valence-electron chi connectivity index (χ3n) is 4.81. The molecule has 0 amide bonds. The summed E-state index contributed by atoms with van der Waals surface area (Å²) in [5, 5.41) is 12.8. The average molecular weight is 378 g/mol. The highest BCUT2D eigenvalue weighted by Crippen LogP contribution is 2.24. The fraction of sp³-hybridized carbons (Fsp3) is 0.556. The largest absolute Gasteiger partial charge is 0.460 e. The molecule has 1 aromatic heterocycles. The van der Waals surface area contributed by atoms with Crippen LogP contribution >= 0.6 is 11.6 Å². The summed E-state index contributed by atoms with van der Waals surface area (Å²) < 4.78 is 13.7. The highest BCUT2D eigenvalue weighted by Gasteiger charge is 2.22. The molecular formula is C18H24ClN5O2. The molecule has 1 N–H and O–H groups in total. The first kappa shape index (κ1) is 17.7. The van der Waals surface area contributed by atoms with Crippen molar-refractivity contribution in [1.82, 2.24) is 25.0 Å². The maximum Gasteiger partial charge on any atom is 0.322 e. The van der Waals surface area contributed by atoms with Crippen molar-refractivity contribution in [3.8, 4) is 11.7 Å². The Morgan fingerprint density at radius 1 is 1.12 bits per heavy atom. The van der Waals surface area contributed by atoms with Crippen molar-refractivity contribution in [2.45, 2.75) is 25.5 Å². The fourth-order valence-electron chi connectivity index (χ4n) is 3.35. The van der Waals surface area contributed by atoms with Gasteiger partial charge >= 0.3 is 6.01 Å². The molecule has 2 aliphatic rings. The number of rotatable bonds is 5. The SMILES string of the molecule is Clc1ccc(-n2c(CN3CCOCC3)nnc2OC2CCNCC2)cc1. The van der Waals surface area contributed by atoms with E-state index in [1.807, 2.05) is 28.8 Å². The molecular weight excluding hydrogens is 354 g/mol. The number of nitrogens with one attached hydrogen (secondary N) is 1. The van der Waals surface area contributed by atoms with Gasteiger partial charge in [0.05, 0.1) is 25.4 Å². The molecule has 8 heteroatoms. The smallest absolute Gasteiger partial charge is 0.322 e. The third-order valence-corrected chi connectivity index (χ3v) is 5.06. The monoisotopic (exact) mass is 377 g/mol. The van der Waals surface area contributed by atoms with Gasteiger partial charge < -0.3 is 14.8 Å². The van der Waals surface area contributed by atoms with E-state index in [-0.39, 0.29) is 6.10 Å². The minimum Gasteiger partial charge on any atom is -0.460 e. The van der Waals surface area contributed by atoms with Gasteiger partial charge in [0, 0.05) is 18.1 Å². The van der Waals surface area contributed by atoms with E-state index >= 15 is 0 Å². The first-order valence-corrected chi connectivity index (χ1v) is 9.55. The lowest BCUT2D eigenvalue weighted by Crippen LogP contribution is -2.36. The van der Waals surface area contributed by atoms with Crippen LogP contribution in [0.3, 0.4) is 0 Å². The molecule has 1 aromatic carbocycles. The van der Waals surface area contributed by atoms with Crippen LogP contribution in [0.4, 0.5) is 0 Å². The van der Waals surface area contributed by atoms with E-state index in [1.165, 1.54) is 0 Å². The number of halogens is 1. The molecule has 0 atom stereocenters. The van der Waals surface area contributed by atoms with Gasteiger partial charge in [0.1, 0.15) is 6.10 Å². The molecule has 2 aliphatic heterocycles. The molecule has 0 bridgehead atoms.